The number of nitrogens with zero attached hydrogens (tertiary/aromatic N) is 1. The van der Waals surface area contributed by atoms with E-state index in [0.717, 1.165) is 5.56 Å². The van der Waals surface area contributed by atoms with Crippen LogP contribution in [-0.4, -0.2) is 17.3 Å². The molecule has 0 N–H and O–H groups in total. The second kappa shape index (κ2) is 6.99. The van der Waals surface area contributed by atoms with E-state index >= 15 is 0 Å². The largest absolute Gasteiger partial charge is 0.294 e. The summed E-state index contributed by atoms with van der Waals surface area (Å²) in [6.45, 7) is -0.278. The van der Waals surface area contributed by atoms with Crippen molar-refractivity contribution in [1.82, 2.24) is 0 Å². The zero-order chi connectivity index (χ0) is 15.2. The van der Waals surface area contributed by atoms with Gasteiger partial charge in [0.05, 0.1) is 10.9 Å². The number of benzene rings is 2. The molecule has 4 nitrogen and oxygen atoms in total. The van der Waals surface area contributed by atoms with Gasteiger partial charge in [0.1, 0.15) is 0 Å². The van der Waals surface area contributed by atoms with Crippen LogP contribution in [0.15, 0.2) is 54.6 Å². The number of Topliss-reactive ketones (excluding diaryl/α,β-unsaturated/α-hetero) is 1. The Morgan fingerprint density at radius 3 is 2.33 bits per heavy atom. The molecule has 0 aliphatic carbocycles. The Morgan fingerprint density at radius 1 is 1.10 bits per heavy atom. The molecule has 0 aromatic heterocycles. The standard InChI is InChI=1S/C16H14ClNO3/c17-15-9-5-4-8-14(15)16(19)10-13(11-18(20)21)12-6-2-1-3-7-12/h1-9,13H,10-11H2/t13-/m1/s1. The van der Waals surface area contributed by atoms with E-state index in [0.29, 0.717) is 10.6 Å². The summed E-state index contributed by atoms with van der Waals surface area (Å²) in [5.41, 5.74) is 1.19. The highest BCUT2D eigenvalue weighted by Crippen LogP contribution is 2.24. The van der Waals surface area contributed by atoms with Gasteiger partial charge in [0.2, 0.25) is 6.54 Å². The second-order valence-electron chi connectivity index (χ2n) is 4.73. The summed E-state index contributed by atoms with van der Waals surface area (Å²) in [4.78, 5) is 22.8. The third-order valence-corrected chi connectivity index (χ3v) is 3.58. The minimum absolute atomic E-state index is 0.0642. The summed E-state index contributed by atoms with van der Waals surface area (Å²) in [6.07, 6.45) is 0.0642. The van der Waals surface area contributed by atoms with Gasteiger partial charge < -0.3 is 0 Å². The van der Waals surface area contributed by atoms with Crippen molar-refractivity contribution < 1.29 is 9.72 Å². The van der Waals surface area contributed by atoms with Crippen molar-refractivity contribution in [1.29, 1.82) is 0 Å². The maximum atomic E-state index is 12.3. The van der Waals surface area contributed by atoms with Crippen molar-refractivity contribution in [3.05, 3.63) is 80.9 Å². The van der Waals surface area contributed by atoms with Gasteiger partial charge in [-0.3, -0.25) is 14.9 Å². The third kappa shape index (κ3) is 4.13. The molecule has 0 saturated heterocycles. The molecule has 108 valence electrons. The highest BCUT2D eigenvalue weighted by atomic mass is 35.5. The fourth-order valence-corrected chi connectivity index (χ4v) is 2.46. The number of rotatable bonds is 6. The first kappa shape index (κ1) is 15.2. The summed E-state index contributed by atoms with van der Waals surface area (Å²) in [5.74, 6) is -0.638. The molecular formula is C16H14ClNO3. The van der Waals surface area contributed by atoms with E-state index in [4.69, 9.17) is 11.6 Å². The first-order chi connectivity index (χ1) is 10.1. The van der Waals surface area contributed by atoms with Gasteiger partial charge in [0, 0.05) is 16.9 Å². The number of carbonyl (C=O) groups is 1. The first-order valence-corrected chi connectivity index (χ1v) is 6.90. The summed E-state index contributed by atoms with van der Waals surface area (Å²) in [5, 5.41) is 11.2. The van der Waals surface area contributed by atoms with Gasteiger partial charge in [-0.05, 0) is 17.7 Å². The molecule has 0 saturated carbocycles. The van der Waals surface area contributed by atoms with E-state index in [-0.39, 0.29) is 18.7 Å². The van der Waals surface area contributed by atoms with E-state index in [2.05, 4.69) is 0 Å². The summed E-state index contributed by atoms with van der Waals surface area (Å²) in [7, 11) is 0. The maximum Gasteiger partial charge on any atom is 0.211 e. The lowest BCUT2D eigenvalue weighted by atomic mass is 9.91. The summed E-state index contributed by atoms with van der Waals surface area (Å²) >= 11 is 6.00. The molecule has 0 fully saturated rings. The van der Waals surface area contributed by atoms with Crippen LogP contribution < -0.4 is 0 Å². The van der Waals surface area contributed by atoms with Crippen LogP contribution in [0.25, 0.3) is 0 Å². The Balaban J connectivity index is 2.21. The molecule has 0 radical (unpaired) electrons. The summed E-state index contributed by atoms with van der Waals surface area (Å²) < 4.78 is 0. The second-order valence-corrected chi connectivity index (χ2v) is 5.14. The predicted octanol–water partition coefficient (Wildman–Crippen LogP) is 3.97. The molecule has 2 rings (SSSR count). The van der Waals surface area contributed by atoms with Gasteiger partial charge in [-0.1, -0.05) is 54.1 Å². The first-order valence-electron chi connectivity index (χ1n) is 6.52. The smallest absolute Gasteiger partial charge is 0.211 e. The van der Waals surface area contributed by atoms with Crippen molar-refractivity contribution in [2.75, 3.05) is 6.54 Å². The van der Waals surface area contributed by atoms with Crippen LogP contribution in [-0.2, 0) is 0 Å². The third-order valence-electron chi connectivity index (χ3n) is 3.25. The van der Waals surface area contributed by atoms with E-state index in [9.17, 15) is 14.9 Å². The minimum atomic E-state index is -0.454. The van der Waals surface area contributed by atoms with Gasteiger partial charge in [-0.2, -0.15) is 0 Å². The van der Waals surface area contributed by atoms with E-state index < -0.39 is 10.8 Å². The highest BCUT2D eigenvalue weighted by molar-refractivity contribution is 6.33. The molecule has 2 aromatic rings. The average Bonchev–Trinajstić information content (AvgIpc) is 2.47. The maximum absolute atomic E-state index is 12.3. The normalized spacial score (nSPS) is 11.9. The van der Waals surface area contributed by atoms with E-state index in [1.165, 1.54) is 0 Å². The van der Waals surface area contributed by atoms with Gasteiger partial charge in [0.25, 0.3) is 0 Å². The fraction of sp³-hybridized carbons (Fsp3) is 0.188. The number of nitro groups is 1. The molecule has 0 spiro atoms. The van der Waals surface area contributed by atoms with Crippen molar-refractivity contribution >= 4 is 17.4 Å². The van der Waals surface area contributed by atoms with Crippen LogP contribution in [0, 0.1) is 10.1 Å². The lowest BCUT2D eigenvalue weighted by Gasteiger charge is -2.13. The van der Waals surface area contributed by atoms with Gasteiger partial charge in [-0.25, -0.2) is 0 Å². The Bertz CT molecular complexity index is 643. The number of halogens is 1. The molecular weight excluding hydrogens is 290 g/mol. The molecule has 0 bridgehead atoms. The van der Waals surface area contributed by atoms with Crippen LogP contribution in [0.4, 0.5) is 0 Å². The molecule has 2 aromatic carbocycles. The average molecular weight is 304 g/mol. The lowest BCUT2D eigenvalue weighted by Crippen LogP contribution is -2.16. The van der Waals surface area contributed by atoms with Crippen LogP contribution in [0.2, 0.25) is 5.02 Å². The van der Waals surface area contributed by atoms with E-state index in [1.807, 2.05) is 18.2 Å². The predicted molar refractivity (Wildman–Crippen MR) is 81.4 cm³/mol. The van der Waals surface area contributed by atoms with Crippen LogP contribution in [0.1, 0.15) is 28.3 Å². The number of hydrogen-bond acceptors (Lipinski definition) is 3. The zero-order valence-corrected chi connectivity index (χ0v) is 12.0. The minimum Gasteiger partial charge on any atom is -0.294 e. The van der Waals surface area contributed by atoms with Gasteiger partial charge in [0.15, 0.2) is 5.78 Å². The Hall–Kier alpha value is -2.20. The Kier molecular flexibility index (Phi) is 5.06. The van der Waals surface area contributed by atoms with Crippen molar-refractivity contribution in [2.24, 2.45) is 0 Å². The molecule has 0 unspecified atom stereocenters. The van der Waals surface area contributed by atoms with Gasteiger partial charge in [-0.15, -0.1) is 0 Å². The van der Waals surface area contributed by atoms with Crippen LogP contribution in [0.3, 0.4) is 0 Å². The fourth-order valence-electron chi connectivity index (χ4n) is 2.21. The molecule has 0 aliphatic heterocycles. The van der Waals surface area contributed by atoms with Gasteiger partial charge >= 0.3 is 0 Å². The zero-order valence-electron chi connectivity index (χ0n) is 11.2. The quantitative estimate of drug-likeness (QED) is 0.461. The molecule has 0 heterocycles. The van der Waals surface area contributed by atoms with Crippen LogP contribution in [0.5, 0.6) is 0 Å². The van der Waals surface area contributed by atoms with Crippen molar-refractivity contribution in [3.63, 3.8) is 0 Å². The molecule has 5 heteroatoms. The topological polar surface area (TPSA) is 60.2 Å². The molecule has 1 atom stereocenters. The monoisotopic (exact) mass is 303 g/mol. The van der Waals surface area contributed by atoms with E-state index in [1.54, 1.807) is 36.4 Å². The number of hydrogen-bond donors (Lipinski definition) is 0. The molecule has 0 aliphatic rings. The Morgan fingerprint density at radius 2 is 1.71 bits per heavy atom. The van der Waals surface area contributed by atoms with Crippen molar-refractivity contribution in [2.45, 2.75) is 12.3 Å². The molecule has 21 heavy (non-hydrogen) atoms. The molecule has 0 amide bonds. The highest BCUT2D eigenvalue weighted by Gasteiger charge is 2.22. The number of carbonyl (C=O) groups excluding carboxylic acids is 1. The SMILES string of the molecule is O=C(C[C@H](C[N+](=O)[O-])c1ccccc1)c1ccccc1Cl. The lowest BCUT2D eigenvalue weighted by molar-refractivity contribution is -0.483. The Labute approximate surface area is 127 Å². The van der Waals surface area contributed by atoms with Crippen LogP contribution >= 0.6 is 11.6 Å². The number of ketones is 1. The summed E-state index contributed by atoms with van der Waals surface area (Å²) in [6, 6.07) is 15.8. The van der Waals surface area contributed by atoms with Crippen molar-refractivity contribution in [3.8, 4) is 0 Å².